The molecule has 0 fully saturated rings. The summed E-state index contributed by atoms with van der Waals surface area (Å²) in [5, 5.41) is 7.19. The van der Waals surface area contributed by atoms with Crippen molar-refractivity contribution in [3.63, 3.8) is 0 Å². The van der Waals surface area contributed by atoms with Crippen LogP contribution >= 0.6 is 11.3 Å². The van der Waals surface area contributed by atoms with Crippen LogP contribution in [0.2, 0.25) is 0 Å². The quantitative estimate of drug-likeness (QED) is 0.346. The van der Waals surface area contributed by atoms with Gasteiger partial charge in [-0.05, 0) is 24.3 Å². The molecule has 0 aliphatic carbocycles. The number of imidazole rings is 1. The van der Waals surface area contributed by atoms with Crippen molar-refractivity contribution in [1.82, 2.24) is 30.1 Å². The van der Waals surface area contributed by atoms with Gasteiger partial charge in [-0.2, -0.15) is 9.49 Å². The fourth-order valence-corrected chi connectivity index (χ4v) is 4.71. The van der Waals surface area contributed by atoms with E-state index in [1.807, 2.05) is 43.3 Å². The van der Waals surface area contributed by atoms with E-state index in [0.29, 0.717) is 28.1 Å². The average molecular weight is 474 g/mol. The highest BCUT2D eigenvalue weighted by Crippen LogP contribution is 2.36. The Bertz CT molecular complexity index is 1680. The van der Waals surface area contributed by atoms with Crippen LogP contribution in [0, 0.1) is 10.9 Å². The smallest absolute Gasteiger partial charge is 0.176 e. The Balaban J connectivity index is 1.52. The molecule has 6 aromatic rings. The molecule has 5 aromatic heterocycles. The summed E-state index contributed by atoms with van der Waals surface area (Å²) in [5.41, 5.74) is 4.57. The zero-order valence-electron chi connectivity index (χ0n) is 18.1. The van der Waals surface area contributed by atoms with Crippen molar-refractivity contribution >= 4 is 39.0 Å². The van der Waals surface area contributed by atoms with Gasteiger partial charge in [-0.15, -0.1) is 11.3 Å². The summed E-state index contributed by atoms with van der Waals surface area (Å²) in [4.78, 5) is 19.1. The summed E-state index contributed by atoms with van der Waals surface area (Å²) in [7, 11) is 3.78. The van der Waals surface area contributed by atoms with Gasteiger partial charge in [0.2, 0.25) is 0 Å². The van der Waals surface area contributed by atoms with Crippen LogP contribution in [0.15, 0.2) is 55.0 Å². The Morgan fingerprint density at radius 1 is 0.971 bits per heavy atom. The number of nitrogens with zero attached hydrogens (tertiary/aromatic N) is 5. The van der Waals surface area contributed by atoms with Crippen molar-refractivity contribution in [1.29, 1.82) is 0 Å². The van der Waals surface area contributed by atoms with Gasteiger partial charge in [0.05, 0.1) is 40.0 Å². The van der Waals surface area contributed by atoms with Gasteiger partial charge in [0.15, 0.2) is 16.8 Å². The first kappa shape index (κ1) is 20.4. The van der Waals surface area contributed by atoms with E-state index in [0.717, 1.165) is 33.0 Å². The second-order valence-corrected chi connectivity index (χ2v) is 9.03. The monoisotopic (exact) mass is 473 g/mol. The Hall–Kier alpha value is -4.18. The fourth-order valence-electron chi connectivity index (χ4n) is 3.95. The second-order valence-electron chi connectivity index (χ2n) is 8.00. The standard InChI is InChI=1S/C24H17F2N7S/c1-33(2)13-8-12(9-27-10-13)21-20(26)19-16(11-28-21)31-32-23(19)24-29-15-5-3-4-14(22(15)30-24)17-6-7-18(25)34-17/h3-11H,1-2H3,(H,29,30)(H,31,32). The molecule has 10 heteroatoms. The maximum atomic E-state index is 15.8. The summed E-state index contributed by atoms with van der Waals surface area (Å²) in [6, 6.07) is 10.6. The lowest BCUT2D eigenvalue weighted by molar-refractivity contribution is 0.638. The van der Waals surface area contributed by atoms with Crippen LogP contribution in [0.25, 0.3) is 55.2 Å². The Morgan fingerprint density at radius 2 is 1.85 bits per heavy atom. The molecule has 7 nitrogen and oxygen atoms in total. The molecular weight excluding hydrogens is 456 g/mol. The van der Waals surface area contributed by atoms with Crippen LogP contribution in [0.1, 0.15) is 0 Å². The fraction of sp³-hybridized carbons (Fsp3) is 0.0833. The van der Waals surface area contributed by atoms with Crippen molar-refractivity contribution < 1.29 is 8.78 Å². The number of nitrogens with one attached hydrogen (secondary N) is 2. The van der Waals surface area contributed by atoms with Crippen molar-refractivity contribution in [3.05, 3.63) is 65.9 Å². The number of aromatic amines is 2. The van der Waals surface area contributed by atoms with E-state index in [1.54, 1.807) is 24.7 Å². The van der Waals surface area contributed by atoms with Crippen LogP contribution in [-0.2, 0) is 0 Å². The molecule has 1 aromatic carbocycles. The minimum Gasteiger partial charge on any atom is -0.376 e. The number of fused-ring (bicyclic) bond motifs is 2. The molecule has 0 spiro atoms. The summed E-state index contributed by atoms with van der Waals surface area (Å²) in [6.07, 6.45) is 4.83. The topological polar surface area (TPSA) is 86.4 Å². The molecule has 2 N–H and O–H groups in total. The van der Waals surface area contributed by atoms with Gasteiger partial charge in [0, 0.05) is 36.3 Å². The van der Waals surface area contributed by atoms with Gasteiger partial charge in [0.1, 0.15) is 11.4 Å². The summed E-state index contributed by atoms with van der Waals surface area (Å²) in [6.45, 7) is 0. The number of benzene rings is 1. The predicted octanol–water partition coefficient (Wildman–Crippen LogP) is 5.64. The van der Waals surface area contributed by atoms with E-state index in [4.69, 9.17) is 4.98 Å². The number of anilines is 1. The third kappa shape index (κ3) is 3.22. The van der Waals surface area contributed by atoms with Crippen molar-refractivity contribution in [2.45, 2.75) is 0 Å². The molecule has 0 radical (unpaired) electrons. The molecule has 0 atom stereocenters. The lowest BCUT2D eigenvalue weighted by Gasteiger charge is -2.13. The molecule has 0 unspecified atom stereocenters. The molecule has 0 saturated carbocycles. The van der Waals surface area contributed by atoms with Gasteiger partial charge < -0.3 is 9.88 Å². The number of thiophene rings is 1. The largest absolute Gasteiger partial charge is 0.376 e. The number of rotatable bonds is 4. The average Bonchev–Trinajstić information content (AvgIpc) is 3.56. The van der Waals surface area contributed by atoms with Gasteiger partial charge >= 0.3 is 0 Å². The van der Waals surface area contributed by atoms with Gasteiger partial charge in [-0.25, -0.2) is 9.37 Å². The highest BCUT2D eigenvalue weighted by molar-refractivity contribution is 7.14. The van der Waals surface area contributed by atoms with Crippen LogP contribution in [0.3, 0.4) is 0 Å². The predicted molar refractivity (Wildman–Crippen MR) is 130 cm³/mol. The number of hydrogen-bond donors (Lipinski definition) is 2. The van der Waals surface area contributed by atoms with Crippen molar-refractivity contribution in [2.75, 3.05) is 19.0 Å². The molecular formula is C24H17F2N7S. The third-order valence-electron chi connectivity index (χ3n) is 5.63. The van der Waals surface area contributed by atoms with Gasteiger partial charge in [0.25, 0.3) is 0 Å². The molecule has 0 saturated heterocycles. The van der Waals surface area contributed by atoms with Crippen molar-refractivity contribution in [3.8, 4) is 33.2 Å². The first-order chi connectivity index (χ1) is 16.5. The summed E-state index contributed by atoms with van der Waals surface area (Å²) >= 11 is 1.05. The van der Waals surface area contributed by atoms with Gasteiger partial charge in [-0.1, -0.05) is 12.1 Å². The van der Waals surface area contributed by atoms with Crippen LogP contribution in [-0.4, -0.2) is 44.2 Å². The number of para-hydroxylation sites is 1. The van der Waals surface area contributed by atoms with E-state index in [-0.39, 0.29) is 16.2 Å². The van der Waals surface area contributed by atoms with E-state index in [1.165, 1.54) is 6.07 Å². The lowest BCUT2D eigenvalue weighted by Crippen LogP contribution is -2.09. The third-order valence-corrected chi connectivity index (χ3v) is 6.54. The minimum absolute atomic E-state index is 0.178. The number of H-pyrrole nitrogens is 2. The first-order valence-corrected chi connectivity index (χ1v) is 11.2. The van der Waals surface area contributed by atoms with Crippen molar-refractivity contribution in [2.24, 2.45) is 0 Å². The lowest BCUT2D eigenvalue weighted by atomic mass is 10.1. The van der Waals surface area contributed by atoms with E-state index in [2.05, 4.69) is 25.1 Å². The van der Waals surface area contributed by atoms with Crippen LogP contribution in [0.5, 0.6) is 0 Å². The van der Waals surface area contributed by atoms with Crippen LogP contribution < -0.4 is 4.90 Å². The number of halogens is 2. The molecule has 0 aliphatic heterocycles. The SMILES string of the molecule is CN(C)c1cncc(-c2ncc3[nH]nc(-c4nc5c(-c6ccc(F)s6)cccc5[nH]4)c3c2F)c1. The molecule has 168 valence electrons. The molecule has 34 heavy (non-hydrogen) atoms. The number of aromatic nitrogens is 6. The molecule has 5 heterocycles. The molecule has 0 bridgehead atoms. The zero-order chi connectivity index (χ0) is 23.4. The number of pyridine rings is 2. The maximum absolute atomic E-state index is 15.8. The minimum atomic E-state index is -0.514. The molecule has 0 aliphatic rings. The van der Waals surface area contributed by atoms with Crippen LogP contribution in [0.4, 0.5) is 14.5 Å². The zero-order valence-corrected chi connectivity index (χ0v) is 18.9. The Kier molecular flexibility index (Phi) is 4.63. The number of hydrogen-bond acceptors (Lipinski definition) is 6. The highest BCUT2D eigenvalue weighted by atomic mass is 32.1. The van der Waals surface area contributed by atoms with Gasteiger partial charge in [-0.3, -0.25) is 15.1 Å². The summed E-state index contributed by atoms with van der Waals surface area (Å²) in [5.74, 6) is -0.109. The van der Waals surface area contributed by atoms with E-state index in [9.17, 15) is 4.39 Å². The normalized spacial score (nSPS) is 11.5. The Labute approximate surface area is 196 Å². The maximum Gasteiger partial charge on any atom is 0.176 e. The highest BCUT2D eigenvalue weighted by Gasteiger charge is 2.21. The molecule has 0 amide bonds. The first-order valence-electron chi connectivity index (χ1n) is 10.4. The Morgan fingerprint density at radius 3 is 2.65 bits per heavy atom. The van der Waals surface area contributed by atoms with E-state index < -0.39 is 5.82 Å². The second kappa shape index (κ2) is 7.70. The van der Waals surface area contributed by atoms with E-state index >= 15 is 4.39 Å². The summed E-state index contributed by atoms with van der Waals surface area (Å²) < 4.78 is 29.5. The molecule has 6 rings (SSSR count).